The molecule has 0 amide bonds. The van der Waals surface area contributed by atoms with Crippen LogP contribution in [0.5, 0.6) is 0 Å². The predicted octanol–water partition coefficient (Wildman–Crippen LogP) is 3.08. The first-order valence-electron chi connectivity index (χ1n) is 8.81. The highest BCUT2D eigenvalue weighted by Gasteiger charge is 2.44. The Bertz CT molecular complexity index is 327. The van der Waals surface area contributed by atoms with Crippen LogP contribution < -0.4 is 5.32 Å². The summed E-state index contributed by atoms with van der Waals surface area (Å²) in [7, 11) is 0. The van der Waals surface area contributed by atoms with Gasteiger partial charge in [-0.3, -0.25) is 0 Å². The molecule has 3 nitrogen and oxygen atoms in total. The van der Waals surface area contributed by atoms with Gasteiger partial charge in [0.1, 0.15) is 0 Å². The highest BCUT2D eigenvalue weighted by Crippen LogP contribution is 2.42. The minimum atomic E-state index is 0.184. The van der Waals surface area contributed by atoms with Crippen LogP contribution in [0.1, 0.15) is 46.0 Å². The van der Waals surface area contributed by atoms with Crippen LogP contribution in [-0.2, 0) is 9.47 Å². The lowest BCUT2D eigenvalue weighted by Gasteiger charge is -2.46. The SMILES string of the molecule is CCNC(C1CCOC2(CCSCC2)C1)C1OCCC1C. The number of hydrogen-bond donors (Lipinski definition) is 1. The molecule has 21 heavy (non-hydrogen) atoms. The highest BCUT2D eigenvalue weighted by molar-refractivity contribution is 7.99. The number of likely N-dealkylation sites (N-methyl/N-ethyl adjacent to an activating group) is 1. The molecule has 0 aromatic rings. The zero-order valence-electron chi connectivity index (χ0n) is 13.6. The van der Waals surface area contributed by atoms with Crippen LogP contribution in [0.3, 0.4) is 0 Å². The second kappa shape index (κ2) is 7.20. The fourth-order valence-electron chi connectivity index (χ4n) is 4.43. The summed E-state index contributed by atoms with van der Waals surface area (Å²) in [4.78, 5) is 0. The van der Waals surface area contributed by atoms with E-state index in [1.165, 1.54) is 43.6 Å². The number of hydrogen-bond acceptors (Lipinski definition) is 4. The largest absolute Gasteiger partial charge is 0.376 e. The molecule has 3 fully saturated rings. The van der Waals surface area contributed by atoms with Crippen molar-refractivity contribution in [2.45, 2.75) is 63.7 Å². The predicted molar refractivity (Wildman–Crippen MR) is 89.0 cm³/mol. The summed E-state index contributed by atoms with van der Waals surface area (Å²) in [6.45, 7) is 7.50. The molecule has 0 aliphatic carbocycles. The van der Waals surface area contributed by atoms with Gasteiger partial charge >= 0.3 is 0 Å². The Morgan fingerprint density at radius 1 is 1.24 bits per heavy atom. The van der Waals surface area contributed by atoms with E-state index in [-0.39, 0.29) is 5.60 Å². The Kier molecular flexibility index (Phi) is 5.52. The molecule has 0 radical (unpaired) electrons. The summed E-state index contributed by atoms with van der Waals surface area (Å²) >= 11 is 2.09. The highest BCUT2D eigenvalue weighted by atomic mass is 32.2. The number of thioether (sulfide) groups is 1. The van der Waals surface area contributed by atoms with Gasteiger partial charge in [-0.15, -0.1) is 0 Å². The molecule has 0 bridgehead atoms. The number of ether oxygens (including phenoxy) is 2. The van der Waals surface area contributed by atoms with E-state index in [1.54, 1.807) is 0 Å². The number of nitrogens with one attached hydrogen (secondary N) is 1. The number of rotatable bonds is 4. The fourth-order valence-corrected chi connectivity index (χ4v) is 5.66. The van der Waals surface area contributed by atoms with Crippen LogP contribution >= 0.6 is 11.8 Å². The molecular formula is C17H31NO2S. The zero-order chi connectivity index (χ0) is 14.7. The van der Waals surface area contributed by atoms with Gasteiger partial charge in [-0.1, -0.05) is 13.8 Å². The summed E-state index contributed by atoms with van der Waals surface area (Å²) < 4.78 is 12.4. The molecular weight excluding hydrogens is 282 g/mol. The maximum Gasteiger partial charge on any atom is 0.0757 e. The molecule has 1 spiro atoms. The van der Waals surface area contributed by atoms with Crippen molar-refractivity contribution in [2.24, 2.45) is 11.8 Å². The molecule has 0 aromatic heterocycles. The Morgan fingerprint density at radius 3 is 2.71 bits per heavy atom. The van der Waals surface area contributed by atoms with Gasteiger partial charge in [-0.25, -0.2) is 0 Å². The van der Waals surface area contributed by atoms with E-state index in [0.717, 1.165) is 19.8 Å². The standard InChI is InChI=1S/C17H31NO2S/c1-3-18-15(16-13(2)4-8-19-16)14-5-9-20-17(12-14)6-10-21-11-7-17/h13-16,18H,3-12H2,1-2H3. The first-order valence-corrected chi connectivity index (χ1v) is 9.96. The molecule has 0 aromatic carbocycles. The van der Waals surface area contributed by atoms with Gasteiger partial charge in [0.15, 0.2) is 0 Å². The lowest BCUT2D eigenvalue weighted by molar-refractivity contribution is -0.115. The zero-order valence-corrected chi connectivity index (χ0v) is 14.4. The summed E-state index contributed by atoms with van der Waals surface area (Å²) in [5.41, 5.74) is 0.184. The summed E-state index contributed by atoms with van der Waals surface area (Å²) in [6.07, 6.45) is 6.54. The third kappa shape index (κ3) is 3.60. The summed E-state index contributed by atoms with van der Waals surface area (Å²) in [6, 6.07) is 0.517. The third-order valence-electron chi connectivity index (χ3n) is 5.68. The van der Waals surface area contributed by atoms with Crippen molar-refractivity contribution in [3.8, 4) is 0 Å². The molecule has 4 unspecified atom stereocenters. The van der Waals surface area contributed by atoms with Crippen LogP contribution in [-0.4, -0.2) is 49.0 Å². The monoisotopic (exact) mass is 313 g/mol. The van der Waals surface area contributed by atoms with Crippen molar-refractivity contribution in [3.05, 3.63) is 0 Å². The Morgan fingerprint density at radius 2 is 2.05 bits per heavy atom. The van der Waals surface area contributed by atoms with Gasteiger partial charge in [0.05, 0.1) is 11.7 Å². The molecule has 1 N–H and O–H groups in total. The normalized spacial score (nSPS) is 37.7. The summed E-state index contributed by atoms with van der Waals surface area (Å²) in [5.74, 6) is 3.95. The van der Waals surface area contributed by atoms with Gasteiger partial charge in [0, 0.05) is 19.3 Å². The Hall–Kier alpha value is 0.230. The van der Waals surface area contributed by atoms with Crippen molar-refractivity contribution >= 4 is 11.8 Å². The fraction of sp³-hybridized carbons (Fsp3) is 1.00. The average molecular weight is 314 g/mol. The lowest BCUT2D eigenvalue weighted by Crippen LogP contribution is -2.53. The second-order valence-corrected chi connectivity index (χ2v) is 8.31. The smallest absolute Gasteiger partial charge is 0.0757 e. The van der Waals surface area contributed by atoms with E-state index < -0.39 is 0 Å². The van der Waals surface area contributed by atoms with Crippen LogP contribution in [0.25, 0.3) is 0 Å². The molecule has 3 rings (SSSR count). The van der Waals surface area contributed by atoms with Crippen LogP contribution in [0.2, 0.25) is 0 Å². The van der Waals surface area contributed by atoms with Crippen LogP contribution in [0, 0.1) is 11.8 Å². The van der Waals surface area contributed by atoms with E-state index in [9.17, 15) is 0 Å². The summed E-state index contributed by atoms with van der Waals surface area (Å²) in [5, 5.41) is 3.76. The van der Waals surface area contributed by atoms with E-state index in [0.29, 0.717) is 24.0 Å². The Balaban J connectivity index is 1.69. The van der Waals surface area contributed by atoms with E-state index in [2.05, 4.69) is 30.9 Å². The van der Waals surface area contributed by atoms with Crippen molar-refractivity contribution in [2.75, 3.05) is 31.3 Å². The van der Waals surface area contributed by atoms with E-state index in [1.807, 2.05) is 0 Å². The van der Waals surface area contributed by atoms with Gasteiger partial charge in [-0.05, 0) is 62.0 Å². The molecule has 4 atom stereocenters. The topological polar surface area (TPSA) is 30.5 Å². The van der Waals surface area contributed by atoms with Crippen molar-refractivity contribution in [1.29, 1.82) is 0 Å². The minimum absolute atomic E-state index is 0.184. The molecule has 3 saturated heterocycles. The average Bonchev–Trinajstić information content (AvgIpc) is 2.91. The van der Waals surface area contributed by atoms with Gasteiger partial charge in [-0.2, -0.15) is 11.8 Å². The van der Waals surface area contributed by atoms with Gasteiger partial charge < -0.3 is 14.8 Å². The molecule has 4 heteroatoms. The van der Waals surface area contributed by atoms with E-state index in [4.69, 9.17) is 9.47 Å². The first kappa shape index (κ1) is 16.1. The quantitative estimate of drug-likeness (QED) is 0.864. The van der Waals surface area contributed by atoms with Crippen LogP contribution in [0.15, 0.2) is 0 Å². The molecule has 122 valence electrons. The molecule has 3 heterocycles. The molecule has 3 aliphatic rings. The maximum atomic E-state index is 6.27. The van der Waals surface area contributed by atoms with Crippen molar-refractivity contribution in [3.63, 3.8) is 0 Å². The van der Waals surface area contributed by atoms with Gasteiger partial charge in [0.2, 0.25) is 0 Å². The van der Waals surface area contributed by atoms with E-state index >= 15 is 0 Å². The van der Waals surface area contributed by atoms with Gasteiger partial charge in [0.25, 0.3) is 0 Å². The molecule has 3 aliphatic heterocycles. The third-order valence-corrected chi connectivity index (χ3v) is 6.67. The second-order valence-electron chi connectivity index (χ2n) is 7.08. The minimum Gasteiger partial charge on any atom is -0.376 e. The maximum absolute atomic E-state index is 6.27. The molecule has 0 saturated carbocycles. The van der Waals surface area contributed by atoms with Crippen LogP contribution in [0.4, 0.5) is 0 Å². The van der Waals surface area contributed by atoms with Crippen molar-refractivity contribution in [1.82, 2.24) is 5.32 Å². The first-order chi connectivity index (χ1) is 10.2. The Labute approximate surface area is 133 Å². The van der Waals surface area contributed by atoms with Crippen molar-refractivity contribution < 1.29 is 9.47 Å². The lowest BCUT2D eigenvalue weighted by atomic mass is 9.76.